The molecule has 0 fully saturated rings. The zero-order chi connectivity index (χ0) is 17.0. The second-order valence-electron chi connectivity index (χ2n) is 4.48. The number of carbonyl (C=O) groups is 1. The van der Waals surface area contributed by atoms with E-state index in [2.05, 4.69) is 5.32 Å². The lowest BCUT2D eigenvalue weighted by Crippen LogP contribution is -2.15. The molecule has 0 saturated carbocycles. The Balaban J connectivity index is 1.93. The third-order valence-corrected chi connectivity index (χ3v) is 4.94. The van der Waals surface area contributed by atoms with E-state index in [1.807, 2.05) is 0 Å². The first-order valence-electron chi connectivity index (χ1n) is 6.26. The van der Waals surface area contributed by atoms with Crippen LogP contribution in [0.1, 0.15) is 0 Å². The first kappa shape index (κ1) is 17.7. The SMILES string of the molecule is NS(=O)(=O)c1ccc(NC(=O)CSc2ccc(F)c(Cl)c2)cc1. The third-order valence-electron chi connectivity index (χ3n) is 2.73. The van der Waals surface area contributed by atoms with Crippen LogP contribution in [0.2, 0.25) is 5.02 Å². The molecule has 0 aliphatic heterocycles. The lowest BCUT2D eigenvalue weighted by Gasteiger charge is -2.06. The number of sulfonamides is 1. The Hall–Kier alpha value is -1.61. The van der Waals surface area contributed by atoms with Gasteiger partial charge in [0, 0.05) is 10.6 Å². The summed E-state index contributed by atoms with van der Waals surface area (Å²) >= 11 is 6.86. The summed E-state index contributed by atoms with van der Waals surface area (Å²) in [7, 11) is -3.76. The summed E-state index contributed by atoms with van der Waals surface area (Å²) in [6, 6.07) is 9.69. The quantitative estimate of drug-likeness (QED) is 0.787. The molecule has 2 rings (SSSR count). The van der Waals surface area contributed by atoms with Crippen molar-refractivity contribution in [1.29, 1.82) is 0 Å². The van der Waals surface area contributed by atoms with Crippen molar-refractivity contribution < 1.29 is 17.6 Å². The number of nitrogens with two attached hydrogens (primary N) is 1. The maximum absolute atomic E-state index is 13.0. The molecule has 0 saturated heterocycles. The first-order valence-corrected chi connectivity index (χ1v) is 9.17. The van der Waals surface area contributed by atoms with Gasteiger partial charge in [-0.15, -0.1) is 11.8 Å². The zero-order valence-corrected chi connectivity index (χ0v) is 14.0. The molecule has 0 heterocycles. The highest BCUT2D eigenvalue weighted by Gasteiger charge is 2.09. The van der Waals surface area contributed by atoms with Crippen LogP contribution in [-0.2, 0) is 14.8 Å². The molecule has 0 bridgehead atoms. The van der Waals surface area contributed by atoms with Crippen LogP contribution in [0.15, 0.2) is 52.3 Å². The number of thioether (sulfide) groups is 1. The fraction of sp³-hybridized carbons (Fsp3) is 0.0714. The van der Waals surface area contributed by atoms with Crippen LogP contribution in [0.3, 0.4) is 0 Å². The van der Waals surface area contributed by atoms with E-state index in [-0.39, 0.29) is 21.6 Å². The summed E-state index contributed by atoms with van der Waals surface area (Å²) in [5, 5.41) is 7.60. The van der Waals surface area contributed by atoms with E-state index in [0.717, 1.165) is 0 Å². The number of nitrogens with one attached hydrogen (secondary N) is 1. The van der Waals surface area contributed by atoms with Gasteiger partial charge < -0.3 is 5.32 Å². The maximum Gasteiger partial charge on any atom is 0.238 e. The van der Waals surface area contributed by atoms with Gasteiger partial charge in [-0.05, 0) is 42.5 Å². The lowest BCUT2D eigenvalue weighted by atomic mass is 10.3. The predicted molar refractivity (Wildman–Crippen MR) is 88.6 cm³/mol. The highest BCUT2D eigenvalue weighted by molar-refractivity contribution is 8.00. The van der Waals surface area contributed by atoms with Gasteiger partial charge in [-0.1, -0.05) is 11.6 Å². The molecule has 5 nitrogen and oxygen atoms in total. The summed E-state index contributed by atoms with van der Waals surface area (Å²) in [5.74, 6) is -0.715. The maximum atomic E-state index is 13.0. The van der Waals surface area contributed by atoms with Crippen LogP contribution in [0.25, 0.3) is 0 Å². The van der Waals surface area contributed by atoms with Crippen molar-refractivity contribution in [3.8, 4) is 0 Å². The molecular formula is C14H12ClFN2O3S2. The van der Waals surface area contributed by atoms with E-state index in [4.69, 9.17) is 16.7 Å². The van der Waals surface area contributed by atoms with Gasteiger partial charge in [-0.3, -0.25) is 4.79 Å². The van der Waals surface area contributed by atoms with Crippen molar-refractivity contribution in [3.63, 3.8) is 0 Å². The average molecular weight is 375 g/mol. The van der Waals surface area contributed by atoms with E-state index in [1.165, 1.54) is 54.2 Å². The third kappa shape index (κ3) is 5.21. The minimum atomic E-state index is -3.76. The molecule has 2 aromatic carbocycles. The predicted octanol–water partition coefficient (Wildman–Crippen LogP) is 2.86. The number of benzene rings is 2. The van der Waals surface area contributed by atoms with Crippen molar-refractivity contribution in [1.82, 2.24) is 0 Å². The molecule has 1 amide bonds. The average Bonchev–Trinajstić information content (AvgIpc) is 2.48. The number of hydrogen-bond acceptors (Lipinski definition) is 4. The second kappa shape index (κ2) is 7.31. The number of rotatable bonds is 5. The molecular weight excluding hydrogens is 363 g/mol. The van der Waals surface area contributed by atoms with Crippen molar-refractivity contribution in [3.05, 3.63) is 53.3 Å². The number of primary sulfonamides is 1. The van der Waals surface area contributed by atoms with Crippen molar-refractivity contribution >= 4 is 45.0 Å². The highest BCUT2D eigenvalue weighted by atomic mass is 35.5. The summed E-state index contributed by atoms with van der Waals surface area (Å²) in [6.07, 6.45) is 0. The minimum Gasteiger partial charge on any atom is -0.325 e. The Morgan fingerprint density at radius 1 is 1.22 bits per heavy atom. The molecule has 122 valence electrons. The number of amides is 1. The van der Waals surface area contributed by atoms with Crippen LogP contribution in [-0.4, -0.2) is 20.1 Å². The van der Waals surface area contributed by atoms with Gasteiger partial charge in [-0.2, -0.15) is 0 Å². The molecule has 0 unspecified atom stereocenters. The molecule has 2 aromatic rings. The molecule has 0 aliphatic carbocycles. The standard InChI is InChI=1S/C14H12ClFN2O3S2/c15-12-7-10(3-6-13(12)16)22-8-14(19)18-9-1-4-11(5-2-9)23(17,20)21/h1-7H,8H2,(H,18,19)(H2,17,20,21). The molecule has 0 atom stereocenters. The van der Waals surface area contributed by atoms with Crippen molar-refractivity contribution in [2.45, 2.75) is 9.79 Å². The Kier molecular flexibility index (Phi) is 5.64. The Morgan fingerprint density at radius 2 is 1.87 bits per heavy atom. The molecule has 0 aromatic heterocycles. The van der Waals surface area contributed by atoms with E-state index in [1.54, 1.807) is 0 Å². The van der Waals surface area contributed by atoms with E-state index in [0.29, 0.717) is 10.6 Å². The molecule has 3 N–H and O–H groups in total. The summed E-state index contributed by atoms with van der Waals surface area (Å²) in [6.45, 7) is 0. The van der Waals surface area contributed by atoms with Gasteiger partial charge in [0.15, 0.2) is 0 Å². The molecule has 0 radical (unpaired) electrons. The van der Waals surface area contributed by atoms with Crippen LogP contribution in [0, 0.1) is 5.82 Å². The number of carbonyl (C=O) groups excluding carboxylic acids is 1. The fourth-order valence-corrected chi connectivity index (χ4v) is 3.14. The van der Waals surface area contributed by atoms with Crippen molar-refractivity contribution in [2.24, 2.45) is 5.14 Å². The zero-order valence-electron chi connectivity index (χ0n) is 11.6. The minimum absolute atomic E-state index is 0.00556. The fourth-order valence-electron chi connectivity index (χ4n) is 1.64. The highest BCUT2D eigenvalue weighted by Crippen LogP contribution is 2.24. The van der Waals surface area contributed by atoms with Gasteiger partial charge >= 0.3 is 0 Å². The Labute approximate surface area is 142 Å². The molecule has 9 heteroatoms. The van der Waals surface area contributed by atoms with Crippen LogP contribution < -0.4 is 10.5 Å². The van der Waals surface area contributed by atoms with E-state index in [9.17, 15) is 17.6 Å². The van der Waals surface area contributed by atoms with Crippen LogP contribution >= 0.6 is 23.4 Å². The molecule has 0 aliphatic rings. The largest absolute Gasteiger partial charge is 0.325 e. The number of hydrogen-bond donors (Lipinski definition) is 2. The molecule has 0 spiro atoms. The van der Waals surface area contributed by atoms with Gasteiger partial charge in [0.1, 0.15) is 5.82 Å². The van der Waals surface area contributed by atoms with Gasteiger partial charge in [-0.25, -0.2) is 17.9 Å². The monoisotopic (exact) mass is 374 g/mol. The van der Waals surface area contributed by atoms with Gasteiger partial charge in [0.25, 0.3) is 0 Å². The van der Waals surface area contributed by atoms with Gasteiger partial charge in [0.2, 0.25) is 15.9 Å². The second-order valence-corrected chi connectivity index (χ2v) is 7.50. The number of anilines is 1. The molecule has 23 heavy (non-hydrogen) atoms. The van der Waals surface area contributed by atoms with Crippen molar-refractivity contribution in [2.75, 3.05) is 11.1 Å². The lowest BCUT2D eigenvalue weighted by molar-refractivity contribution is -0.113. The topological polar surface area (TPSA) is 89.3 Å². The van der Waals surface area contributed by atoms with Crippen LogP contribution in [0.4, 0.5) is 10.1 Å². The van der Waals surface area contributed by atoms with Gasteiger partial charge in [0.05, 0.1) is 15.7 Å². The van der Waals surface area contributed by atoms with E-state index < -0.39 is 15.8 Å². The number of halogens is 2. The smallest absolute Gasteiger partial charge is 0.238 e. The van der Waals surface area contributed by atoms with E-state index >= 15 is 0 Å². The Morgan fingerprint density at radius 3 is 2.43 bits per heavy atom. The summed E-state index contributed by atoms with van der Waals surface area (Å²) < 4.78 is 35.3. The summed E-state index contributed by atoms with van der Waals surface area (Å²) in [5.41, 5.74) is 0.445. The Bertz CT molecular complexity index is 826. The summed E-state index contributed by atoms with van der Waals surface area (Å²) in [4.78, 5) is 12.5. The normalized spacial score (nSPS) is 11.3. The first-order chi connectivity index (χ1) is 10.8. The van der Waals surface area contributed by atoms with Crippen LogP contribution in [0.5, 0.6) is 0 Å².